The number of hydrogen-bond donors (Lipinski definition) is 0. The maximum atomic E-state index is 12.5. The molecule has 2 rings (SSSR count). The first-order valence-corrected chi connectivity index (χ1v) is 6.58. The molecule has 2 aromatic rings. The van der Waals surface area contributed by atoms with Gasteiger partial charge in [0.15, 0.2) is 5.16 Å². The molecule has 2 aromatic heterocycles. The van der Waals surface area contributed by atoms with E-state index < -0.39 is 17.8 Å². The van der Waals surface area contributed by atoms with Crippen LogP contribution in [0.15, 0.2) is 34.2 Å². The minimum atomic E-state index is -4.53. The Balaban J connectivity index is 2.11. The maximum absolute atomic E-state index is 12.5. The molecule has 0 saturated heterocycles. The van der Waals surface area contributed by atoms with Crippen molar-refractivity contribution >= 4 is 17.7 Å². The van der Waals surface area contributed by atoms with E-state index in [1.165, 1.54) is 19.4 Å². The molecule has 0 atom stereocenters. The van der Waals surface area contributed by atoms with Gasteiger partial charge in [-0.25, -0.2) is 14.8 Å². The molecule has 0 bridgehead atoms. The summed E-state index contributed by atoms with van der Waals surface area (Å²) >= 11 is 0.927. The number of alkyl halides is 3. The Bertz CT molecular complexity index is 643. The lowest BCUT2D eigenvalue weighted by Gasteiger charge is -2.06. The van der Waals surface area contributed by atoms with Crippen LogP contribution in [0.4, 0.5) is 13.2 Å². The maximum Gasteiger partial charge on any atom is 0.433 e. The predicted molar refractivity (Wildman–Crippen MR) is 66.6 cm³/mol. The number of carbonyl (C=O) groups is 1. The molecule has 0 aromatic carbocycles. The number of aromatic nitrogens is 2. The van der Waals surface area contributed by atoms with Crippen LogP contribution in [0.2, 0.25) is 0 Å². The van der Waals surface area contributed by atoms with Crippen LogP contribution < -0.4 is 0 Å². The van der Waals surface area contributed by atoms with E-state index in [1.807, 2.05) is 0 Å². The van der Waals surface area contributed by atoms with Gasteiger partial charge in [0.1, 0.15) is 17.0 Å². The molecular weight excluding hydrogens is 309 g/mol. The molecule has 0 aliphatic heterocycles. The van der Waals surface area contributed by atoms with Crippen LogP contribution in [0, 0.1) is 0 Å². The predicted octanol–water partition coefficient (Wildman–Crippen LogP) is 3.17. The molecule has 0 spiro atoms. The normalized spacial score (nSPS) is 11.4. The summed E-state index contributed by atoms with van der Waals surface area (Å²) in [6.07, 6.45) is -2.20. The van der Waals surface area contributed by atoms with Crippen molar-refractivity contribution in [1.82, 2.24) is 9.97 Å². The third-order valence-corrected chi connectivity index (χ3v) is 3.27. The summed E-state index contributed by atoms with van der Waals surface area (Å²) in [7, 11) is 1.22. The van der Waals surface area contributed by atoms with Gasteiger partial charge in [-0.15, -0.1) is 0 Å². The Kier molecular flexibility index (Phi) is 4.51. The number of esters is 1. The summed E-state index contributed by atoms with van der Waals surface area (Å²) in [5.41, 5.74) is -0.801. The monoisotopic (exact) mass is 318 g/mol. The van der Waals surface area contributed by atoms with E-state index in [1.54, 1.807) is 0 Å². The Morgan fingerprint density at radius 1 is 1.43 bits per heavy atom. The standard InChI is InChI=1S/C12H9F3N2O3S/c1-19-10(18)7-3-5-20-8(7)6-21-11-16-4-2-9(17-11)12(13,14)15/h2-5H,6H2,1H3. The number of carbonyl (C=O) groups excluding carboxylic acids is 1. The molecule has 0 radical (unpaired) electrons. The summed E-state index contributed by atoms with van der Waals surface area (Å²) in [4.78, 5) is 18.6. The second-order valence-corrected chi connectivity index (χ2v) is 4.70. The molecule has 9 heteroatoms. The van der Waals surface area contributed by atoms with E-state index in [-0.39, 0.29) is 22.2 Å². The average Bonchev–Trinajstić information content (AvgIpc) is 2.92. The van der Waals surface area contributed by atoms with E-state index in [0.717, 1.165) is 24.0 Å². The van der Waals surface area contributed by atoms with Crippen LogP contribution >= 0.6 is 11.8 Å². The number of nitrogens with zero attached hydrogens (tertiary/aromatic N) is 2. The summed E-state index contributed by atoms with van der Waals surface area (Å²) in [5.74, 6) is -0.184. The number of hydrogen-bond acceptors (Lipinski definition) is 6. The van der Waals surface area contributed by atoms with Crippen molar-refractivity contribution in [1.29, 1.82) is 0 Å². The first-order chi connectivity index (χ1) is 9.91. The Morgan fingerprint density at radius 2 is 2.19 bits per heavy atom. The zero-order chi connectivity index (χ0) is 15.5. The zero-order valence-electron chi connectivity index (χ0n) is 10.7. The van der Waals surface area contributed by atoms with Crippen LogP contribution in [0.1, 0.15) is 21.8 Å². The highest BCUT2D eigenvalue weighted by Crippen LogP contribution is 2.29. The third-order valence-electron chi connectivity index (χ3n) is 2.41. The van der Waals surface area contributed by atoms with Crippen molar-refractivity contribution in [2.24, 2.45) is 0 Å². The molecule has 0 aliphatic carbocycles. The molecule has 0 unspecified atom stereocenters. The van der Waals surface area contributed by atoms with Gasteiger partial charge < -0.3 is 9.15 Å². The van der Waals surface area contributed by atoms with E-state index in [2.05, 4.69) is 14.7 Å². The van der Waals surface area contributed by atoms with Crippen molar-refractivity contribution < 1.29 is 27.1 Å². The van der Waals surface area contributed by atoms with Gasteiger partial charge in [0.05, 0.1) is 19.1 Å². The molecule has 0 aliphatic rings. The van der Waals surface area contributed by atoms with Crippen LogP contribution in [-0.2, 0) is 16.7 Å². The SMILES string of the molecule is COC(=O)c1ccoc1CSc1nccc(C(F)(F)F)n1. The van der Waals surface area contributed by atoms with E-state index in [0.29, 0.717) is 0 Å². The number of methoxy groups -OCH3 is 1. The Morgan fingerprint density at radius 3 is 2.86 bits per heavy atom. The van der Waals surface area contributed by atoms with E-state index in [9.17, 15) is 18.0 Å². The second-order valence-electron chi connectivity index (χ2n) is 3.76. The molecule has 0 fully saturated rings. The van der Waals surface area contributed by atoms with Crippen molar-refractivity contribution in [3.05, 3.63) is 41.6 Å². The first-order valence-electron chi connectivity index (χ1n) is 5.59. The molecule has 0 amide bonds. The topological polar surface area (TPSA) is 65.2 Å². The van der Waals surface area contributed by atoms with Crippen molar-refractivity contribution in [3.63, 3.8) is 0 Å². The van der Waals surface area contributed by atoms with Crippen LogP contribution in [0.3, 0.4) is 0 Å². The molecular formula is C12H9F3N2O3S. The minimum absolute atomic E-state index is 0.0583. The van der Waals surface area contributed by atoms with Crippen LogP contribution in [0.5, 0.6) is 0 Å². The fourth-order valence-electron chi connectivity index (χ4n) is 1.44. The minimum Gasteiger partial charge on any atom is -0.468 e. The fraction of sp³-hybridized carbons (Fsp3) is 0.250. The molecule has 112 valence electrons. The van der Waals surface area contributed by atoms with Gasteiger partial charge in [0.25, 0.3) is 0 Å². The Hall–Kier alpha value is -2.03. The second kappa shape index (κ2) is 6.17. The van der Waals surface area contributed by atoms with Gasteiger partial charge in [0, 0.05) is 6.20 Å². The quantitative estimate of drug-likeness (QED) is 0.490. The summed E-state index contributed by atoms with van der Waals surface area (Å²) in [5, 5.41) is -0.0583. The number of furan rings is 1. The molecule has 5 nitrogen and oxygen atoms in total. The molecule has 0 saturated carbocycles. The van der Waals surface area contributed by atoms with Crippen molar-refractivity contribution in [2.45, 2.75) is 17.1 Å². The summed E-state index contributed by atoms with van der Waals surface area (Å²) in [6.45, 7) is 0. The van der Waals surface area contributed by atoms with Crippen molar-refractivity contribution in [3.8, 4) is 0 Å². The number of thioether (sulfide) groups is 1. The third kappa shape index (κ3) is 3.75. The highest BCUT2D eigenvalue weighted by Gasteiger charge is 2.32. The zero-order valence-corrected chi connectivity index (χ0v) is 11.5. The van der Waals surface area contributed by atoms with Crippen LogP contribution in [-0.4, -0.2) is 23.0 Å². The highest BCUT2D eigenvalue weighted by molar-refractivity contribution is 7.98. The lowest BCUT2D eigenvalue weighted by atomic mass is 10.3. The largest absolute Gasteiger partial charge is 0.468 e. The van der Waals surface area contributed by atoms with Gasteiger partial charge in [0.2, 0.25) is 0 Å². The number of halogens is 3. The van der Waals surface area contributed by atoms with Crippen LogP contribution in [0.25, 0.3) is 0 Å². The first kappa shape index (κ1) is 15.4. The average molecular weight is 318 g/mol. The lowest BCUT2D eigenvalue weighted by molar-refractivity contribution is -0.141. The fourth-order valence-corrected chi connectivity index (χ4v) is 2.22. The highest BCUT2D eigenvalue weighted by atomic mass is 32.2. The molecule has 0 N–H and O–H groups in total. The Labute approximate surface area is 121 Å². The molecule has 21 heavy (non-hydrogen) atoms. The number of rotatable bonds is 4. The smallest absolute Gasteiger partial charge is 0.433 e. The summed E-state index contributed by atoms with van der Waals surface area (Å²) in [6, 6.07) is 2.21. The lowest BCUT2D eigenvalue weighted by Crippen LogP contribution is -2.08. The van der Waals surface area contributed by atoms with Gasteiger partial charge in [-0.2, -0.15) is 13.2 Å². The van der Waals surface area contributed by atoms with Crippen molar-refractivity contribution in [2.75, 3.05) is 7.11 Å². The summed E-state index contributed by atoms with van der Waals surface area (Å²) < 4.78 is 47.2. The van der Waals surface area contributed by atoms with Gasteiger partial charge >= 0.3 is 12.1 Å². The number of ether oxygens (including phenoxy) is 1. The van der Waals surface area contributed by atoms with Gasteiger partial charge in [-0.05, 0) is 12.1 Å². The van der Waals surface area contributed by atoms with E-state index in [4.69, 9.17) is 4.42 Å². The van der Waals surface area contributed by atoms with Gasteiger partial charge in [-0.3, -0.25) is 0 Å². The van der Waals surface area contributed by atoms with Gasteiger partial charge in [-0.1, -0.05) is 11.8 Å². The van der Waals surface area contributed by atoms with E-state index >= 15 is 0 Å². The molecule has 2 heterocycles.